The van der Waals surface area contributed by atoms with Crippen LogP contribution in [0.25, 0.3) is 11.6 Å². The van der Waals surface area contributed by atoms with E-state index in [1.807, 2.05) is 44.9 Å². The zero-order chi connectivity index (χ0) is 28.5. The molecule has 0 radical (unpaired) electrons. The Balaban J connectivity index is 2.37. The molecule has 0 aliphatic heterocycles. The van der Waals surface area contributed by atoms with E-state index in [0.717, 1.165) is 36.3 Å². The molecule has 0 saturated heterocycles. The Morgan fingerprint density at radius 2 is 1.76 bits per heavy atom. The molecule has 6 heteroatoms. The number of rotatable bonds is 14. The van der Waals surface area contributed by atoms with Crippen molar-refractivity contribution in [3.05, 3.63) is 71.3 Å². The van der Waals surface area contributed by atoms with Gasteiger partial charge >= 0.3 is 12.9 Å². The van der Waals surface area contributed by atoms with Crippen molar-refractivity contribution in [2.24, 2.45) is 0 Å². The van der Waals surface area contributed by atoms with E-state index in [4.69, 9.17) is 14.1 Å². The first kappa shape index (κ1) is 30.9. The molecule has 0 spiro atoms. The van der Waals surface area contributed by atoms with Gasteiger partial charge in [-0.05, 0) is 80.2 Å². The van der Waals surface area contributed by atoms with E-state index in [-0.39, 0.29) is 6.92 Å². The molecule has 0 N–H and O–H groups in total. The first-order chi connectivity index (χ1) is 18.0. The normalized spacial score (nSPS) is 13.3. The van der Waals surface area contributed by atoms with Crippen molar-refractivity contribution in [2.75, 3.05) is 7.11 Å². The molecule has 0 heterocycles. The Hall–Kier alpha value is -3.28. The highest BCUT2D eigenvalue weighted by molar-refractivity contribution is 6.51. The average Bonchev–Trinajstić information content (AvgIpc) is 2.90. The molecule has 204 valence electrons. The summed E-state index contributed by atoms with van der Waals surface area (Å²) in [5.41, 5.74) is 4.14. The fraction of sp³-hybridized carbons (Fsp3) is 0.438. The van der Waals surface area contributed by atoms with Crippen molar-refractivity contribution in [1.29, 1.82) is 0 Å². The highest BCUT2D eigenvalue weighted by Crippen LogP contribution is 2.34. The molecule has 2 unspecified atom stereocenters. The summed E-state index contributed by atoms with van der Waals surface area (Å²) in [6, 6.07) is 12.0. The van der Waals surface area contributed by atoms with Gasteiger partial charge < -0.3 is 14.1 Å². The van der Waals surface area contributed by atoms with E-state index >= 15 is 0 Å². The lowest BCUT2D eigenvalue weighted by Crippen LogP contribution is -2.34. The van der Waals surface area contributed by atoms with E-state index in [9.17, 15) is 9.59 Å². The Bertz CT molecular complexity index is 1150. The van der Waals surface area contributed by atoms with E-state index in [0.29, 0.717) is 35.2 Å². The number of hydrogen-bond acceptors (Lipinski definition) is 5. The van der Waals surface area contributed by atoms with Crippen LogP contribution in [0.2, 0.25) is 13.1 Å². The highest BCUT2D eigenvalue weighted by atomic mass is 16.6. The Morgan fingerprint density at radius 1 is 1.08 bits per heavy atom. The van der Waals surface area contributed by atoms with Crippen LogP contribution < -0.4 is 9.39 Å². The third-order valence-electron chi connectivity index (χ3n) is 7.01. The first-order valence-electron chi connectivity index (χ1n) is 13.5. The van der Waals surface area contributed by atoms with Crippen LogP contribution in [0.1, 0.15) is 88.5 Å². The van der Waals surface area contributed by atoms with Crippen LogP contribution in [0.3, 0.4) is 0 Å². The lowest BCUT2D eigenvalue weighted by molar-refractivity contribution is -0.148. The van der Waals surface area contributed by atoms with Crippen molar-refractivity contribution < 1.29 is 23.7 Å². The summed E-state index contributed by atoms with van der Waals surface area (Å²) in [6.45, 7) is 17.6. The van der Waals surface area contributed by atoms with Gasteiger partial charge in [-0.1, -0.05) is 52.5 Å². The van der Waals surface area contributed by atoms with Crippen LogP contribution in [0.15, 0.2) is 49.1 Å². The summed E-state index contributed by atoms with van der Waals surface area (Å²) < 4.78 is 17.2. The molecular formula is C32H43BO5. The monoisotopic (exact) mass is 518 g/mol. The van der Waals surface area contributed by atoms with Crippen molar-refractivity contribution in [1.82, 2.24) is 0 Å². The summed E-state index contributed by atoms with van der Waals surface area (Å²) in [5, 5.41) is 0. The maximum atomic E-state index is 12.3. The third-order valence-corrected chi connectivity index (χ3v) is 7.01. The third kappa shape index (κ3) is 8.37. The van der Waals surface area contributed by atoms with Gasteiger partial charge in [0.25, 0.3) is 0 Å². The zero-order valence-electron chi connectivity index (χ0n) is 24.3. The Morgan fingerprint density at radius 3 is 2.34 bits per heavy atom. The predicted molar refractivity (Wildman–Crippen MR) is 158 cm³/mol. The minimum atomic E-state index is -0.700. The second-order valence-electron chi connectivity index (χ2n) is 10.6. The zero-order valence-corrected chi connectivity index (χ0v) is 24.3. The molecule has 0 aliphatic rings. The number of aldehydes is 1. The molecule has 2 aromatic carbocycles. The van der Waals surface area contributed by atoms with E-state index in [1.165, 1.54) is 11.1 Å². The van der Waals surface area contributed by atoms with Gasteiger partial charge in [0.05, 0.1) is 7.11 Å². The molecule has 38 heavy (non-hydrogen) atoms. The number of methoxy groups -OCH3 is 1. The second kappa shape index (κ2) is 14.0. The van der Waals surface area contributed by atoms with Crippen molar-refractivity contribution >= 4 is 30.8 Å². The van der Waals surface area contributed by atoms with Gasteiger partial charge in [-0.3, -0.25) is 4.79 Å². The van der Waals surface area contributed by atoms with Gasteiger partial charge in [-0.2, -0.15) is 0 Å². The Labute approximate surface area is 229 Å². The lowest BCUT2D eigenvalue weighted by Gasteiger charge is -2.26. The standard InChI is InChI=1S/C32H43BO5/c1-10-22(4)24-14-16-28(29(18-24)23(5)11-2)26(20-34)17-25-13-15-27(19-30(25)36-9)38-33(8)21-32(6,7)37-31(35)12-3/h12-20,22-23H,3,10-11,21H2,1-2,4-9H3/b26-17+. The minimum absolute atomic E-state index is 0.221. The minimum Gasteiger partial charge on any atom is -0.561 e. The van der Waals surface area contributed by atoms with Gasteiger partial charge in [0.2, 0.25) is 0 Å². The summed E-state index contributed by atoms with van der Waals surface area (Å²) in [5.74, 6) is 1.56. The maximum absolute atomic E-state index is 12.3. The van der Waals surface area contributed by atoms with E-state index < -0.39 is 11.6 Å². The first-order valence-corrected chi connectivity index (χ1v) is 13.5. The van der Waals surface area contributed by atoms with Crippen LogP contribution in [-0.4, -0.2) is 31.9 Å². The smallest absolute Gasteiger partial charge is 0.358 e. The van der Waals surface area contributed by atoms with E-state index in [2.05, 4.69) is 52.5 Å². The Kier molecular flexibility index (Phi) is 11.4. The molecule has 0 bridgehead atoms. The molecule has 0 fully saturated rings. The number of carbonyl (C=O) groups excluding carboxylic acids is 2. The van der Waals surface area contributed by atoms with Gasteiger partial charge in [0.1, 0.15) is 17.1 Å². The summed E-state index contributed by atoms with van der Waals surface area (Å²) in [6.07, 6.45) is 6.50. The molecule has 0 amide bonds. The number of hydrogen-bond donors (Lipinski definition) is 0. The molecule has 2 aromatic rings. The topological polar surface area (TPSA) is 61.8 Å². The number of esters is 1. The SMILES string of the molecule is C=CC(=O)OC(C)(C)CB(C)Oc1ccc(/C=C(\C=O)c2ccc(C(C)CC)cc2C(C)CC)c(OC)c1. The number of allylic oxidation sites excluding steroid dienone is 1. The van der Waals surface area contributed by atoms with Crippen LogP contribution in [-0.2, 0) is 14.3 Å². The van der Waals surface area contributed by atoms with Crippen molar-refractivity contribution in [2.45, 2.75) is 85.0 Å². The van der Waals surface area contributed by atoms with Crippen LogP contribution in [0.4, 0.5) is 0 Å². The molecule has 2 atom stereocenters. The van der Waals surface area contributed by atoms with Crippen molar-refractivity contribution in [3.8, 4) is 11.5 Å². The maximum Gasteiger partial charge on any atom is 0.358 e. The van der Waals surface area contributed by atoms with Gasteiger partial charge in [-0.25, -0.2) is 4.79 Å². The van der Waals surface area contributed by atoms with Gasteiger partial charge in [-0.15, -0.1) is 0 Å². The van der Waals surface area contributed by atoms with Gasteiger partial charge in [0, 0.05) is 29.6 Å². The molecule has 0 saturated carbocycles. The average molecular weight is 519 g/mol. The van der Waals surface area contributed by atoms with Crippen molar-refractivity contribution in [3.63, 3.8) is 0 Å². The molecule has 5 nitrogen and oxygen atoms in total. The van der Waals surface area contributed by atoms with Crippen LogP contribution in [0, 0.1) is 0 Å². The number of ether oxygens (including phenoxy) is 2. The quantitative estimate of drug-likeness (QED) is 0.0835. The fourth-order valence-corrected chi connectivity index (χ4v) is 4.56. The largest absolute Gasteiger partial charge is 0.561 e. The second-order valence-corrected chi connectivity index (χ2v) is 10.6. The fourth-order valence-electron chi connectivity index (χ4n) is 4.56. The highest BCUT2D eigenvalue weighted by Gasteiger charge is 2.28. The molecular weight excluding hydrogens is 475 g/mol. The lowest BCUT2D eigenvalue weighted by atomic mass is 9.62. The predicted octanol–water partition coefficient (Wildman–Crippen LogP) is 7.97. The molecule has 2 rings (SSSR count). The van der Waals surface area contributed by atoms with Crippen LogP contribution >= 0.6 is 0 Å². The summed E-state index contributed by atoms with van der Waals surface area (Å²) in [7, 11) is 1.60. The van der Waals surface area contributed by atoms with E-state index in [1.54, 1.807) is 7.11 Å². The van der Waals surface area contributed by atoms with Gasteiger partial charge in [0.15, 0.2) is 6.29 Å². The number of carbonyl (C=O) groups is 2. The molecule has 0 aliphatic carbocycles. The summed E-state index contributed by atoms with van der Waals surface area (Å²) in [4.78, 5) is 23.9. The number of benzene rings is 2. The van der Waals surface area contributed by atoms with Crippen LogP contribution in [0.5, 0.6) is 11.5 Å². The summed E-state index contributed by atoms with van der Waals surface area (Å²) >= 11 is 0. The molecule has 0 aromatic heterocycles.